The average molecular weight is 264 g/mol. The summed E-state index contributed by atoms with van der Waals surface area (Å²) in [5.74, 6) is -0.220. The van der Waals surface area contributed by atoms with Crippen LogP contribution in [-0.2, 0) is 11.3 Å². The summed E-state index contributed by atoms with van der Waals surface area (Å²) in [5, 5.41) is 6.33. The Hall–Kier alpha value is -1.30. The van der Waals surface area contributed by atoms with E-state index in [1.807, 2.05) is 5.38 Å². The first-order valence-corrected chi connectivity index (χ1v) is 6.71. The lowest BCUT2D eigenvalue weighted by Crippen LogP contribution is -2.45. The van der Waals surface area contributed by atoms with Crippen molar-refractivity contribution in [1.82, 2.24) is 10.3 Å². The van der Waals surface area contributed by atoms with Gasteiger partial charge in [0.1, 0.15) is 10.8 Å². The number of hydrogen-bond donors (Lipinski definition) is 1. The third kappa shape index (κ3) is 2.58. The molecular formula is C13H13FN2OS. The van der Waals surface area contributed by atoms with Crippen molar-refractivity contribution in [2.75, 3.05) is 13.2 Å². The lowest BCUT2D eigenvalue weighted by atomic mass is 10.2. The Morgan fingerprint density at radius 3 is 2.78 bits per heavy atom. The van der Waals surface area contributed by atoms with Gasteiger partial charge in [0, 0.05) is 17.5 Å². The smallest absolute Gasteiger partial charge is 0.123 e. The van der Waals surface area contributed by atoms with E-state index >= 15 is 0 Å². The molecule has 0 aliphatic carbocycles. The molecule has 1 aliphatic heterocycles. The van der Waals surface area contributed by atoms with Crippen LogP contribution in [0.4, 0.5) is 4.39 Å². The van der Waals surface area contributed by atoms with Crippen molar-refractivity contribution in [3.05, 3.63) is 41.2 Å². The van der Waals surface area contributed by atoms with Gasteiger partial charge in [-0.15, -0.1) is 11.3 Å². The van der Waals surface area contributed by atoms with E-state index in [2.05, 4.69) is 10.3 Å². The van der Waals surface area contributed by atoms with Crippen molar-refractivity contribution in [3.63, 3.8) is 0 Å². The normalized spacial score (nSPS) is 15.6. The number of ether oxygens (including phenoxy) is 1. The molecule has 0 saturated carbocycles. The summed E-state index contributed by atoms with van der Waals surface area (Å²) in [4.78, 5) is 4.53. The predicted molar refractivity (Wildman–Crippen MR) is 69.0 cm³/mol. The third-order valence-electron chi connectivity index (χ3n) is 2.85. The average Bonchev–Trinajstić information content (AvgIpc) is 2.77. The predicted octanol–water partition coefficient (Wildman–Crippen LogP) is 2.44. The molecule has 0 unspecified atom stereocenters. The molecule has 5 heteroatoms. The van der Waals surface area contributed by atoms with Crippen LogP contribution in [0.25, 0.3) is 10.6 Å². The number of hydrogen-bond acceptors (Lipinski definition) is 4. The second-order valence-electron chi connectivity index (χ2n) is 4.27. The highest BCUT2D eigenvalue weighted by Crippen LogP contribution is 2.23. The van der Waals surface area contributed by atoms with E-state index in [0.717, 1.165) is 36.0 Å². The minimum Gasteiger partial charge on any atom is -0.378 e. The summed E-state index contributed by atoms with van der Waals surface area (Å²) in [6.07, 6.45) is 0. The van der Waals surface area contributed by atoms with Crippen molar-refractivity contribution >= 4 is 11.3 Å². The minimum atomic E-state index is -0.220. The molecule has 0 spiro atoms. The first-order chi connectivity index (χ1) is 8.81. The Labute approximate surface area is 109 Å². The Kier molecular flexibility index (Phi) is 3.36. The van der Waals surface area contributed by atoms with Gasteiger partial charge in [-0.1, -0.05) is 0 Å². The van der Waals surface area contributed by atoms with Crippen LogP contribution in [-0.4, -0.2) is 24.2 Å². The molecule has 0 atom stereocenters. The zero-order chi connectivity index (χ0) is 12.4. The van der Waals surface area contributed by atoms with Crippen LogP contribution in [0.15, 0.2) is 29.6 Å². The number of thiazole rings is 1. The first-order valence-electron chi connectivity index (χ1n) is 5.83. The van der Waals surface area contributed by atoms with Gasteiger partial charge in [0.05, 0.1) is 24.9 Å². The zero-order valence-electron chi connectivity index (χ0n) is 9.73. The molecule has 0 amide bonds. The van der Waals surface area contributed by atoms with Gasteiger partial charge in [-0.2, -0.15) is 0 Å². The molecule has 1 aromatic carbocycles. The Morgan fingerprint density at radius 1 is 1.33 bits per heavy atom. The van der Waals surface area contributed by atoms with Crippen LogP contribution in [0.3, 0.4) is 0 Å². The lowest BCUT2D eigenvalue weighted by Gasteiger charge is -2.26. The van der Waals surface area contributed by atoms with Crippen LogP contribution >= 0.6 is 11.3 Å². The fourth-order valence-electron chi connectivity index (χ4n) is 1.72. The van der Waals surface area contributed by atoms with E-state index in [0.29, 0.717) is 6.04 Å². The standard InChI is InChI=1S/C13H13FN2OS/c14-10-3-1-9(2-4-10)13-16-11(8-18-13)5-15-12-6-17-7-12/h1-4,8,12,15H,5-7H2. The topological polar surface area (TPSA) is 34.2 Å². The van der Waals surface area contributed by atoms with E-state index in [4.69, 9.17) is 4.74 Å². The number of benzene rings is 1. The highest BCUT2D eigenvalue weighted by molar-refractivity contribution is 7.13. The first kappa shape index (κ1) is 11.8. The maximum Gasteiger partial charge on any atom is 0.123 e. The highest BCUT2D eigenvalue weighted by atomic mass is 32.1. The van der Waals surface area contributed by atoms with E-state index in [9.17, 15) is 4.39 Å². The summed E-state index contributed by atoms with van der Waals surface area (Å²) in [6, 6.07) is 6.89. The van der Waals surface area contributed by atoms with Gasteiger partial charge in [-0.25, -0.2) is 9.37 Å². The molecule has 1 aromatic heterocycles. The molecule has 2 aromatic rings. The third-order valence-corrected chi connectivity index (χ3v) is 3.79. The molecule has 2 heterocycles. The molecule has 0 radical (unpaired) electrons. The van der Waals surface area contributed by atoms with E-state index in [1.165, 1.54) is 12.1 Å². The number of aromatic nitrogens is 1. The fraction of sp³-hybridized carbons (Fsp3) is 0.308. The number of nitrogens with one attached hydrogen (secondary N) is 1. The van der Waals surface area contributed by atoms with Gasteiger partial charge >= 0.3 is 0 Å². The van der Waals surface area contributed by atoms with Crippen LogP contribution in [0.2, 0.25) is 0 Å². The van der Waals surface area contributed by atoms with Gasteiger partial charge in [0.25, 0.3) is 0 Å². The number of nitrogens with zero attached hydrogens (tertiary/aromatic N) is 1. The minimum absolute atomic E-state index is 0.220. The Bertz CT molecular complexity index is 522. The summed E-state index contributed by atoms with van der Waals surface area (Å²) in [5.41, 5.74) is 1.98. The van der Waals surface area contributed by atoms with Crippen molar-refractivity contribution in [3.8, 4) is 10.6 Å². The van der Waals surface area contributed by atoms with Crippen LogP contribution in [0.5, 0.6) is 0 Å². The molecule has 94 valence electrons. The monoisotopic (exact) mass is 264 g/mol. The van der Waals surface area contributed by atoms with Gasteiger partial charge < -0.3 is 10.1 Å². The second-order valence-corrected chi connectivity index (χ2v) is 5.12. The quantitative estimate of drug-likeness (QED) is 0.921. The SMILES string of the molecule is Fc1ccc(-c2nc(CNC3COC3)cs2)cc1. The van der Waals surface area contributed by atoms with Crippen molar-refractivity contribution in [2.24, 2.45) is 0 Å². The molecule has 1 N–H and O–H groups in total. The maximum absolute atomic E-state index is 12.8. The van der Waals surface area contributed by atoms with Gasteiger partial charge in [-0.3, -0.25) is 0 Å². The van der Waals surface area contributed by atoms with E-state index in [-0.39, 0.29) is 5.82 Å². The molecule has 3 rings (SSSR count). The zero-order valence-corrected chi connectivity index (χ0v) is 10.5. The summed E-state index contributed by atoms with van der Waals surface area (Å²) in [6.45, 7) is 2.33. The van der Waals surface area contributed by atoms with Gasteiger partial charge in [0.2, 0.25) is 0 Å². The van der Waals surface area contributed by atoms with Crippen molar-refractivity contribution in [1.29, 1.82) is 0 Å². The molecule has 0 bridgehead atoms. The van der Waals surface area contributed by atoms with E-state index in [1.54, 1.807) is 23.5 Å². The van der Waals surface area contributed by atoms with Gasteiger partial charge in [0.15, 0.2) is 0 Å². The van der Waals surface area contributed by atoms with Crippen molar-refractivity contribution < 1.29 is 9.13 Å². The molecule has 3 nitrogen and oxygen atoms in total. The van der Waals surface area contributed by atoms with Crippen LogP contribution in [0.1, 0.15) is 5.69 Å². The molecule has 1 fully saturated rings. The lowest BCUT2D eigenvalue weighted by molar-refractivity contribution is -0.00588. The number of rotatable bonds is 4. The molecule has 1 saturated heterocycles. The molecule has 1 aliphatic rings. The number of halogens is 1. The summed E-state index contributed by atoms with van der Waals surface area (Å²) in [7, 11) is 0. The highest BCUT2D eigenvalue weighted by Gasteiger charge is 2.17. The summed E-state index contributed by atoms with van der Waals surface area (Å²) >= 11 is 1.58. The second kappa shape index (κ2) is 5.14. The van der Waals surface area contributed by atoms with E-state index < -0.39 is 0 Å². The molecule has 18 heavy (non-hydrogen) atoms. The largest absolute Gasteiger partial charge is 0.378 e. The van der Waals surface area contributed by atoms with Crippen molar-refractivity contribution in [2.45, 2.75) is 12.6 Å². The van der Waals surface area contributed by atoms with Gasteiger partial charge in [-0.05, 0) is 24.3 Å². The Morgan fingerprint density at radius 2 is 2.11 bits per heavy atom. The Balaban J connectivity index is 1.66. The maximum atomic E-state index is 12.8. The van der Waals surface area contributed by atoms with Crippen LogP contribution in [0, 0.1) is 5.82 Å². The summed E-state index contributed by atoms with van der Waals surface area (Å²) < 4.78 is 17.9. The fourth-order valence-corrected chi connectivity index (χ4v) is 2.54. The van der Waals surface area contributed by atoms with Crippen LogP contribution < -0.4 is 5.32 Å². The molecular weight excluding hydrogens is 251 g/mol.